The molecule has 3 aromatic rings. The van der Waals surface area contributed by atoms with Crippen molar-refractivity contribution >= 4 is 62.1 Å². The molecule has 0 spiro atoms. The molecule has 4 rings (SSSR count). The molecule has 0 atom stereocenters. The van der Waals surface area contributed by atoms with Gasteiger partial charge in [-0.05, 0) is 84.4 Å². The van der Waals surface area contributed by atoms with E-state index in [-0.39, 0.29) is 5.91 Å². The Hall–Kier alpha value is -2.28. The molecule has 7 heteroatoms. The number of nitrogens with zero attached hydrogens (tertiary/aromatic N) is 2. The van der Waals surface area contributed by atoms with Crippen molar-refractivity contribution in [1.29, 1.82) is 0 Å². The molecule has 1 aliphatic rings. The van der Waals surface area contributed by atoms with E-state index in [1.165, 1.54) is 11.8 Å². The van der Waals surface area contributed by atoms with Crippen molar-refractivity contribution in [2.24, 2.45) is 4.99 Å². The third-order valence-electron chi connectivity index (χ3n) is 4.95. The van der Waals surface area contributed by atoms with Crippen molar-refractivity contribution in [3.8, 4) is 5.69 Å². The Kier molecular flexibility index (Phi) is 5.91. The Morgan fingerprint density at radius 2 is 1.83 bits per heavy atom. The Labute approximate surface area is 193 Å². The first-order valence-corrected chi connectivity index (χ1v) is 11.3. The highest BCUT2D eigenvalue weighted by Gasteiger charge is 2.26. The number of aliphatic imine (C=N–C) groups is 1. The minimum atomic E-state index is -0.158. The molecular weight excluding hydrogens is 482 g/mol. The van der Waals surface area contributed by atoms with Crippen LogP contribution in [0.1, 0.15) is 22.5 Å². The zero-order valence-electron chi connectivity index (χ0n) is 16.7. The number of aromatic nitrogens is 1. The average molecular weight is 501 g/mol. The van der Waals surface area contributed by atoms with Crippen molar-refractivity contribution in [2.75, 3.05) is 0 Å². The fraction of sp³-hybridized carbons (Fsp3) is 0.130. The van der Waals surface area contributed by atoms with Crippen LogP contribution in [-0.2, 0) is 4.79 Å². The molecule has 1 amide bonds. The first-order valence-electron chi connectivity index (χ1n) is 9.33. The summed E-state index contributed by atoms with van der Waals surface area (Å²) in [6.45, 7) is 6.07. The fourth-order valence-electron chi connectivity index (χ4n) is 3.38. The number of hydrogen-bond acceptors (Lipinski definition) is 3. The van der Waals surface area contributed by atoms with E-state index in [2.05, 4.69) is 56.8 Å². The number of carbonyl (C=O) groups excluding carboxylic acids is 1. The first-order chi connectivity index (χ1) is 14.3. The van der Waals surface area contributed by atoms with Crippen molar-refractivity contribution < 1.29 is 4.79 Å². The Morgan fingerprint density at radius 1 is 1.10 bits per heavy atom. The summed E-state index contributed by atoms with van der Waals surface area (Å²) < 4.78 is 3.15. The van der Waals surface area contributed by atoms with Crippen LogP contribution < -0.4 is 5.32 Å². The topological polar surface area (TPSA) is 46.4 Å². The summed E-state index contributed by atoms with van der Waals surface area (Å²) in [5.74, 6) is -0.158. The molecule has 0 bridgehead atoms. The molecule has 1 saturated heterocycles. The van der Waals surface area contributed by atoms with E-state index < -0.39 is 0 Å². The van der Waals surface area contributed by atoms with Crippen LogP contribution in [0.2, 0.25) is 5.02 Å². The SMILES string of the molecule is Cc1ccc(Cl)cc1N=C1NC(=O)/C(=C/c2c(Br)c(C)n(-c3ccccc3)c2C)S1. The van der Waals surface area contributed by atoms with Gasteiger partial charge in [0.05, 0.1) is 10.6 Å². The molecule has 1 aromatic heterocycles. The molecule has 0 unspecified atom stereocenters. The van der Waals surface area contributed by atoms with E-state index in [0.717, 1.165) is 38.4 Å². The molecule has 0 radical (unpaired) electrons. The second-order valence-electron chi connectivity index (χ2n) is 6.98. The standard InChI is InChI=1S/C23H19BrClN3OS/c1-13-9-10-16(25)11-19(13)26-23-27-22(29)20(30-23)12-18-14(2)28(15(3)21(18)24)17-7-5-4-6-8-17/h4-12H,1-3H3,(H,26,27,29)/b20-12-. The maximum atomic E-state index is 12.6. The zero-order chi connectivity index (χ0) is 21.4. The largest absolute Gasteiger partial charge is 0.317 e. The summed E-state index contributed by atoms with van der Waals surface area (Å²) in [5, 5.41) is 4.01. The number of benzene rings is 2. The Balaban J connectivity index is 1.70. The predicted molar refractivity (Wildman–Crippen MR) is 130 cm³/mol. The van der Waals surface area contributed by atoms with E-state index in [9.17, 15) is 4.79 Å². The first kappa shape index (κ1) is 21.0. The third-order valence-corrected chi connectivity index (χ3v) is 7.09. The van der Waals surface area contributed by atoms with E-state index in [0.29, 0.717) is 15.1 Å². The minimum absolute atomic E-state index is 0.158. The predicted octanol–water partition coefficient (Wildman–Crippen LogP) is 6.71. The Morgan fingerprint density at radius 3 is 2.57 bits per heavy atom. The summed E-state index contributed by atoms with van der Waals surface area (Å²) in [7, 11) is 0. The van der Waals surface area contributed by atoms with E-state index in [1.807, 2.05) is 43.3 Å². The van der Waals surface area contributed by atoms with Crippen molar-refractivity contribution in [3.05, 3.63) is 85.4 Å². The number of para-hydroxylation sites is 1. The van der Waals surface area contributed by atoms with Gasteiger partial charge in [-0.25, -0.2) is 4.99 Å². The number of thioether (sulfide) groups is 1. The summed E-state index contributed by atoms with van der Waals surface area (Å²) >= 11 is 11.1. The molecule has 1 aliphatic heterocycles. The number of aryl methyl sites for hydroxylation is 1. The molecule has 0 aliphatic carbocycles. The van der Waals surface area contributed by atoms with Crippen LogP contribution in [0.15, 0.2) is 62.9 Å². The lowest BCUT2D eigenvalue weighted by Crippen LogP contribution is -2.19. The van der Waals surface area contributed by atoms with Crippen LogP contribution in [-0.4, -0.2) is 15.6 Å². The second kappa shape index (κ2) is 8.46. The highest BCUT2D eigenvalue weighted by molar-refractivity contribution is 9.10. The summed E-state index contributed by atoms with van der Waals surface area (Å²) in [6, 6.07) is 15.7. The number of carbonyl (C=O) groups is 1. The van der Waals surface area contributed by atoms with Crippen LogP contribution in [0.5, 0.6) is 0 Å². The number of nitrogens with one attached hydrogen (secondary N) is 1. The smallest absolute Gasteiger partial charge is 0.264 e. The van der Waals surface area contributed by atoms with Gasteiger partial charge in [-0.1, -0.05) is 35.9 Å². The number of rotatable bonds is 3. The van der Waals surface area contributed by atoms with Crippen molar-refractivity contribution in [1.82, 2.24) is 9.88 Å². The van der Waals surface area contributed by atoms with Crippen molar-refractivity contribution in [3.63, 3.8) is 0 Å². The summed E-state index contributed by atoms with van der Waals surface area (Å²) in [5.41, 5.74) is 5.94. The van der Waals surface area contributed by atoms with Crippen LogP contribution in [0, 0.1) is 20.8 Å². The third kappa shape index (κ3) is 4.00. The van der Waals surface area contributed by atoms with Gasteiger partial charge in [0.25, 0.3) is 5.91 Å². The van der Waals surface area contributed by atoms with Gasteiger partial charge >= 0.3 is 0 Å². The highest BCUT2D eigenvalue weighted by atomic mass is 79.9. The lowest BCUT2D eigenvalue weighted by atomic mass is 10.2. The summed E-state index contributed by atoms with van der Waals surface area (Å²) in [6.07, 6.45) is 1.92. The number of halogens is 2. The number of amides is 1. The zero-order valence-corrected chi connectivity index (χ0v) is 19.8. The normalized spacial score (nSPS) is 16.5. The maximum absolute atomic E-state index is 12.6. The molecule has 1 N–H and O–H groups in total. The molecule has 1 fully saturated rings. The van der Waals surface area contributed by atoms with Gasteiger partial charge in [0, 0.05) is 32.1 Å². The fourth-order valence-corrected chi connectivity index (χ4v) is 4.94. The second-order valence-corrected chi connectivity index (χ2v) is 9.24. The monoisotopic (exact) mass is 499 g/mol. The van der Waals surface area contributed by atoms with Gasteiger partial charge in [0.15, 0.2) is 5.17 Å². The molecule has 152 valence electrons. The van der Waals surface area contributed by atoms with Gasteiger partial charge in [0.1, 0.15) is 0 Å². The number of hydrogen-bond donors (Lipinski definition) is 1. The average Bonchev–Trinajstić information content (AvgIpc) is 3.17. The van der Waals surface area contributed by atoms with Gasteiger partial charge in [-0.2, -0.15) is 0 Å². The lowest BCUT2D eigenvalue weighted by molar-refractivity contribution is -0.115. The molecule has 2 heterocycles. The van der Waals surface area contributed by atoms with Crippen molar-refractivity contribution in [2.45, 2.75) is 20.8 Å². The van der Waals surface area contributed by atoms with Gasteiger partial charge in [-0.3, -0.25) is 4.79 Å². The molecule has 4 nitrogen and oxygen atoms in total. The van der Waals surface area contributed by atoms with Crippen LogP contribution in [0.4, 0.5) is 5.69 Å². The van der Waals surface area contributed by atoms with Crippen LogP contribution in [0.25, 0.3) is 11.8 Å². The summed E-state index contributed by atoms with van der Waals surface area (Å²) in [4.78, 5) is 17.8. The van der Waals surface area contributed by atoms with Crippen LogP contribution >= 0.6 is 39.3 Å². The maximum Gasteiger partial charge on any atom is 0.264 e. The van der Waals surface area contributed by atoms with Gasteiger partial charge < -0.3 is 9.88 Å². The van der Waals surface area contributed by atoms with Crippen LogP contribution in [0.3, 0.4) is 0 Å². The number of amidine groups is 1. The van der Waals surface area contributed by atoms with E-state index in [4.69, 9.17) is 11.6 Å². The lowest BCUT2D eigenvalue weighted by Gasteiger charge is -2.09. The molecule has 0 saturated carbocycles. The van der Waals surface area contributed by atoms with Gasteiger partial charge in [0.2, 0.25) is 0 Å². The van der Waals surface area contributed by atoms with Gasteiger partial charge in [-0.15, -0.1) is 0 Å². The quantitative estimate of drug-likeness (QED) is 0.406. The molecular formula is C23H19BrClN3OS. The van der Waals surface area contributed by atoms with E-state index in [1.54, 1.807) is 6.07 Å². The molecule has 2 aromatic carbocycles. The molecule has 30 heavy (non-hydrogen) atoms. The minimum Gasteiger partial charge on any atom is -0.317 e. The Bertz CT molecular complexity index is 1210. The highest BCUT2D eigenvalue weighted by Crippen LogP contribution is 2.36. The van der Waals surface area contributed by atoms with E-state index >= 15 is 0 Å².